The van der Waals surface area contributed by atoms with Gasteiger partial charge in [-0.15, -0.1) is 0 Å². The van der Waals surface area contributed by atoms with E-state index in [1.165, 1.54) is 10.6 Å². The molecule has 3 aromatic rings. The molecule has 1 aromatic heterocycles. The number of halogens is 1. The molecule has 0 aliphatic rings. The summed E-state index contributed by atoms with van der Waals surface area (Å²) in [6, 6.07) is 13.2. The van der Waals surface area contributed by atoms with Crippen LogP contribution < -0.4 is 20.3 Å². The van der Waals surface area contributed by atoms with Crippen LogP contribution in [-0.4, -0.2) is 41.9 Å². The molecule has 192 valence electrons. The third kappa shape index (κ3) is 6.73. The number of carboxylic acid groups (broad SMARTS) is 1. The second kappa shape index (κ2) is 11.9. The van der Waals surface area contributed by atoms with Gasteiger partial charge in [0.05, 0.1) is 23.5 Å². The first-order chi connectivity index (χ1) is 17.1. The third-order valence-corrected chi connectivity index (χ3v) is 5.67. The van der Waals surface area contributed by atoms with Gasteiger partial charge in [-0.1, -0.05) is 39.3 Å². The Bertz CT molecular complexity index is 1190. The van der Waals surface area contributed by atoms with Gasteiger partial charge in [0, 0.05) is 30.7 Å². The first-order valence-electron chi connectivity index (χ1n) is 11.8. The summed E-state index contributed by atoms with van der Waals surface area (Å²) in [6.45, 7) is 9.96. The van der Waals surface area contributed by atoms with E-state index < -0.39 is 12.0 Å². The molecule has 0 aliphatic carbocycles. The van der Waals surface area contributed by atoms with Gasteiger partial charge in [0.1, 0.15) is 11.4 Å². The summed E-state index contributed by atoms with van der Waals surface area (Å²) in [5, 5.41) is 15.8. The molecule has 0 unspecified atom stereocenters. The monoisotopic (exact) mass is 512 g/mol. The molecular formula is C27H33ClN4O4. The minimum absolute atomic E-state index is 0.0914. The van der Waals surface area contributed by atoms with Crippen LogP contribution in [0.2, 0.25) is 5.02 Å². The number of hydrogen-bond acceptors (Lipinski definition) is 4. The van der Waals surface area contributed by atoms with Crippen LogP contribution >= 0.6 is 11.6 Å². The fourth-order valence-electron chi connectivity index (χ4n) is 4.02. The third-order valence-electron chi connectivity index (χ3n) is 5.38. The molecule has 2 aromatic carbocycles. The lowest BCUT2D eigenvalue weighted by atomic mass is 10.1. The lowest BCUT2D eigenvalue weighted by molar-refractivity contribution is 0.0688. The van der Waals surface area contributed by atoms with Gasteiger partial charge in [0.15, 0.2) is 0 Å². The fraction of sp³-hybridized carbons (Fsp3) is 0.333. The first kappa shape index (κ1) is 26.9. The second-order valence-electron chi connectivity index (χ2n) is 9.39. The number of anilines is 3. The predicted molar refractivity (Wildman–Crippen MR) is 145 cm³/mol. The number of hydrogen-bond donors (Lipinski definition) is 3. The highest BCUT2D eigenvalue weighted by molar-refractivity contribution is 6.34. The van der Waals surface area contributed by atoms with Crippen LogP contribution in [-0.2, 0) is 0 Å². The second-order valence-corrected chi connectivity index (χ2v) is 9.80. The van der Waals surface area contributed by atoms with Crippen molar-refractivity contribution in [2.75, 3.05) is 35.7 Å². The number of rotatable bonds is 10. The molecule has 0 spiro atoms. The summed E-state index contributed by atoms with van der Waals surface area (Å²) < 4.78 is 6.70. The van der Waals surface area contributed by atoms with Crippen molar-refractivity contribution in [2.24, 2.45) is 11.8 Å². The Morgan fingerprint density at radius 2 is 1.67 bits per heavy atom. The zero-order chi connectivity index (χ0) is 26.4. The lowest BCUT2D eigenvalue weighted by Crippen LogP contribution is -2.33. The number of urea groups is 1. The average molecular weight is 513 g/mol. The van der Waals surface area contributed by atoms with Crippen molar-refractivity contribution in [1.82, 2.24) is 4.57 Å². The van der Waals surface area contributed by atoms with E-state index in [2.05, 4.69) is 43.2 Å². The van der Waals surface area contributed by atoms with Crippen molar-refractivity contribution in [3.8, 4) is 11.4 Å². The summed E-state index contributed by atoms with van der Waals surface area (Å²) >= 11 is 6.83. The molecule has 8 nitrogen and oxygen atoms in total. The van der Waals surface area contributed by atoms with Gasteiger partial charge in [-0.05, 0) is 60.4 Å². The molecule has 1 heterocycles. The number of amides is 2. The summed E-state index contributed by atoms with van der Waals surface area (Å²) in [7, 11) is 1.58. The molecule has 36 heavy (non-hydrogen) atoms. The number of nitrogens with zero attached hydrogens (tertiary/aromatic N) is 2. The minimum Gasteiger partial charge on any atom is -0.497 e. The van der Waals surface area contributed by atoms with Crippen LogP contribution in [0.15, 0.2) is 54.7 Å². The number of carbonyl (C=O) groups excluding carboxylic acids is 1. The smallest absolute Gasteiger partial charge is 0.352 e. The minimum atomic E-state index is -1.06. The summed E-state index contributed by atoms with van der Waals surface area (Å²) in [6.07, 6.45) is 1.65. The highest BCUT2D eigenvalue weighted by atomic mass is 35.5. The molecule has 0 saturated heterocycles. The van der Waals surface area contributed by atoms with Gasteiger partial charge >= 0.3 is 12.0 Å². The van der Waals surface area contributed by atoms with E-state index in [0.717, 1.165) is 13.1 Å². The highest BCUT2D eigenvalue weighted by Crippen LogP contribution is 2.38. The zero-order valence-corrected chi connectivity index (χ0v) is 22.0. The number of ether oxygens (including phenoxy) is 1. The number of carbonyl (C=O) groups is 2. The van der Waals surface area contributed by atoms with Gasteiger partial charge < -0.3 is 29.9 Å². The Balaban J connectivity index is 2.05. The van der Waals surface area contributed by atoms with Crippen LogP contribution in [0.4, 0.5) is 21.9 Å². The van der Waals surface area contributed by atoms with Crippen molar-refractivity contribution in [3.05, 3.63) is 65.4 Å². The SMILES string of the molecule is COc1ccc(NC(=O)Nc2cc(-n3cccc3C(=O)O)cc(Cl)c2N(CC(C)C)CC(C)C)cc1. The standard InChI is InChI=1S/C27H33ClN4O4/c1-17(2)15-31(16-18(3)4)25-22(28)13-20(32-12-6-7-24(32)26(33)34)14-23(25)30-27(35)29-19-8-10-21(36-5)11-9-19/h6-14,17-18H,15-16H2,1-5H3,(H,33,34)(H2,29,30,35). The highest BCUT2D eigenvalue weighted by Gasteiger charge is 2.22. The zero-order valence-electron chi connectivity index (χ0n) is 21.2. The van der Waals surface area contributed by atoms with Gasteiger partial charge in [0.2, 0.25) is 0 Å². The van der Waals surface area contributed by atoms with E-state index in [1.54, 1.807) is 55.8 Å². The molecule has 3 N–H and O–H groups in total. The van der Waals surface area contributed by atoms with Crippen LogP contribution in [0, 0.1) is 11.8 Å². The van der Waals surface area contributed by atoms with E-state index in [9.17, 15) is 14.7 Å². The maximum Gasteiger partial charge on any atom is 0.352 e. The van der Waals surface area contributed by atoms with Gasteiger partial charge in [0.25, 0.3) is 0 Å². The van der Waals surface area contributed by atoms with E-state index in [1.807, 2.05) is 0 Å². The Kier molecular flexibility index (Phi) is 8.88. The molecule has 0 bridgehead atoms. The molecule has 2 amide bonds. The van der Waals surface area contributed by atoms with E-state index in [0.29, 0.717) is 45.4 Å². The van der Waals surface area contributed by atoms with Crippen LogP contribution in [0.25, 0.3) is 5.69 Å². The molecule has 0 atom stereocenters. The number of aromatic nitrogens is 1. The normalized spacial score (nSPS) is 11.0. The fourth-order valence-corrected chi connectivity index (χ4v) is 4.35. The molecule has 0 fully saturated rings. The topological polar surface area (TPSA) is 95.8 Å². The molecular weight excluding hydrogens is 480 g/mol. The number of aromatic carboxylic acids is 1. The van der Waals surface area contributed by atoms with Crippen molar-refractivity contribution in [3.63, 3.8) is 0 Å². The first-order valence-corrected chi connectivity index (χ1v) is 12.2. The number of nitrogens with one attached hydrogen (secondary N) is 2. The maximum absolute atomic E-state index is 13.0. The van der Waals surface area contributed by atoms with Crippen molar-refractivity contribution in [1.29, 1.82) is 0 Å². The lowest BCUT2D eigenvalue weighted by Gasteiger charge is -2.31. The largest absolute Gasteiger partial charge is 0.497 e. The molecule has 0 aliphatic heterocycles. The maximum atomic E-state index is 13.0. The van der Waals surface area contributed by atoms with Crippen molar-refractivity contribution in [2.45, 2.75) is 27.7 Å². The Morgan fingerprint density at radius 3 is 2.22 bits per heavy atom. The Hall–Kier alpha value is -3.65. The van der Waals surface area contributed by atoms with Crippen molar-refractivity contribution < 1.29 is 19.4 Å². The molecule has 3 rings (SSSR count). The van der Waals surface area contributed by atoms with E-state index >= 15 is 0 Å². The quantitative estimate of drug-likeness (QED) is 0.284. The van der Waals surface area contributed by atoms with Crippen LogP contribution in [0.3, 0.4) is 0 Å². The number of benzene rings is 2. The predicted octanol–water partition coefficient (Wildman–Crippen LogP) is 6.60. The summed E-state index contributed by atoms with van der Waals surface area (Å²) in [4.78, 5) is 26.9. The van der Waals surface area contributed by atoms with Crippen molar-refractivity contribution >= 4 is 40.7 Å². The van der Waals surface area contributed by atoms with Crippen LogP contribution in [0.5, 0.6) is 5.75 Å². The average Bonchev–Trinajstić information content (AvgIpc) is 3.29. The van der Waals surface area contributed by atoms with E-state index in [4.69, 9.17) is 16.3 Å². The summed E-state index contributed by atoms with van der Waals surface area (Å²) in [5.41, 5.74) is 2.39. The van der Waals surface area contributed by atoms with Crippen LogP contribution in [0.1, 0.15) is 38.2 Å². The molecule has 0 saturated carbocycles. The Morgan fingerprint density at radius 1 is 1.03 bits per heavy atom. The number of carboxylic acids is 1. The van der Waals surface area contributed by atoms with Gasteiger partial charge in [-0.25, -0.2) is 9.59 Å². The van der Waals surface area contributed by atoms with E-state index in [-0.39, 0.29) is 5.69 Å². The molecule has 0 radical (unpaired) electrons. The molecule has 9 heteroatoms. The Labute approximate surface area is 216 Å². The van der Waals surface area contributed by atoms with Gasteiger partial charge in [-0.3, -0.25) is 0 Å². The number of methoxy groups -OCH3 is 1. The van der Waals surface area contributed by atoms with Gasteiger partial charge in [-0.2, -0.15) is 0 Å². The summed E-state index contributed by atoms with van der Waals surface area (Å²) in [5.74, 6) is 0.321.